The van der Waals surface area contributed by atoms with E-state index in [-0.39, 0.29) is 13.0 Å². The van der Waals surface area contributed by atoms with E-state index in [2.05, 4.69) is 16.0 Å². The van der Waals surface area contributed by atoms with Crippen molar-refractivity contribution < 1.29 is 54.0 Å². The molecule has 0 saturated heterocycles. The zero-order valence-corrected chi connectivity index (χ0v) is 19.5. The van der Waals surface area contributed by atoms with Crippen LogP contribution in [0.1, 0.15) is 51.4 Å². The lowest BCUT2D eigenvalue weighted by Crippen LogP contribution is -2.57. The number of rotatable bonds is 19. The molecule has 0 aromatic rings. The molecule has 0 radical (unpaired) electrons. The Balaban J connectivity index is 5.60. The minimum Gasteiger partial charge on any atom is -0.481 e. The molecule has 0 bridgehead atoms. The van der Waals surface area contributed by atoms with E-state index in [1.807, 2.05) is 0 Å². The van der Waals surface area contributed by atoms with E-state index < -0.39 is 97.9 Å². The molecule has 0 aliphatic heterocycles. The minimum absolute atomic E-state index is 0.00182. The quantitative estimate of drug-likeness (QED) is 0.0779. The number of carbonyl (C=O) groups is 7. The van der Waals surface area contributed by atoms with Gasteiger partial charge in [-0.25, -0.2) is 4.79 Å². The fourth-order valence-corrected chi connectivity index (χ4v) is 2.93. The van der Waals surface area contributed by atoms with Gasteiger partial charge in [0.2, 0.25) is 17.7 Å². The van der Waals surface area contributed by atoms with Crippen molar-refractivity contribution in [1.29, 1.82) is 0 Å². The van der Waals surface area contributed by atoms with Gasteiger partial charge in [0.1, 0.15) is 18.1 Å². The van der Waals surface area contributed by atoms with Gasteiger partial charge >= 0.3 is 23.9 Å². The lowest BCUT2D eigenvalue weighted by atomic mass is 10.0. The highest BCUT2D eigenvalue weighted by atomic mass is 16.4. The number of carbonyl (C=O) groups excluding carboxylic acids is 3. The summed E-state index contributed by atoms with van der Waals surface area (Å²) in [6, 6.07) is -5.91. The van der Waals surface area contributed by atoms with Crippen LogP contribution < -0.4 is 27.4 Å². The molecule has 16 heteroatoms. The maximum absolute atomic E-state index is 12.8. The largest absolute Gasteiger partial charge is 0.481 e. The summed E-state index contributed by atoms with van der Waals surface area (Å²) in [5.41, 5.74) is 10.9. The normalized spacial score (nSPS) is 13.9. The van der Waals surface area contributed by atoms with E-state index in [9.17, 15) is 38.7 Å². The number of carboxylic acids is 4. The molecule has 4 unspecified atom stereocenters. The van der Waals surface area contributed by atoms with Crippen molar-refractivity contribution >= 4 is 41.6 Å². The average molecular weight is 520 g/mol. The molecule has 0 rings (SSSR count). The van der Waals surface area contributed by atoms with E-state index >= 15 is 0 Å². The predicted octanol–water partition coefficient (Wildman–Crippen LogP) is -2.81. The number of hydrogen-bond acceptors (Lipinski definition) is 9. The zero-order valence-electron chi connectivity index (χ0n) is 19.5. The SMILES string of the molecule is NCCCCC(NC(=O)C(CCC(=O)O)NC(=O)C(N)CC(=O)O)C(=O)NC(CCC(=O)O)C(=O)O. The van der Waals surface area contributed by atoms with E-state index in [4.69, 9.17) is 26.8 Å². The summed E-state index contributed by atoms with van der Waals surface area (Å²) < 4.78 is 0. The third-order valence-electron chi connectivity index (χ3n) is 4.85. The molecule has 0 aliphatic rings. The van der Waals surface area contributed by atoms with Crippen molar-refractivity contribution in [2.75, 3.05) is 6.54 Å². The molecular formula is C20H33N5O11. The number of carboxylic acid groups (broad SMARTS) is 4. The number of unbranched alkanes of at least 4 members (excludes halogenated alkanes) is 1. The number of aliphatic carboxylic acids is 4. The van der Waals surface area contributed by atoms with Crippen LogP contribution >= 0.6 is 0 Å². The second-order valence-electron chi connectivity index (χ2n) is 7.88. The predicted molar refractivity (Wildman–Crippen MR) is 120 cm³/mol. The Morgan fingerprint density at radius 1 is 0.611 bits per heavy atom. The molecule has 16 nitrogen and oxygen atoms in total. The Morgan fingerprint density at radius 3 is 1.50 bits per heavy atom. The molecule has 0 aromatic heterocycles. The highest BCUT2D eigenvalue weighted by molar-refractivity contribution is 5.95. The maximum Gasteiger partial charge on any atom is 0.326 e. The summed E-state index contributed by atoms with van der Waals surface area (Å²) in [7, 11) is 0. The summed E-state index contributed by atoms with van der Waals surface area (Å²) in [6.07, 6.45) is -1.91. The van der Waals surface area contributed by atoms with Crippen LogP contribution in [0, 0.1) is 0 Å². The lowest BCUT2D eigenvalue weighted by molar-refractivity contribution is -0.143. The Kier molecular flexibility index (Phi) is 15.0. The molecule has 0 aliphatic carbocycles. The van der Waals surface area contributed by atoms with Crippen LogP contribution in [0.3, 0.4) is 0 Å². The molecule has 0 spiro atoms. The second-order valence-corrected chi connectivity index (χ2v) is 7.88. The number of amides is 3. The fraction of sp³-hybridized carbons (Fsp3) is 0.650. The maximum atomic E-state index is 12.8. The molecule has 0 fully saturated rings. The molecule has 36 heavy (non-hydrogen) atoms. The van der Waals surface area contributed by atoms with Crippen LogP contribution in [0.5, 0.6) is 0 Å². The summed E-state index contributed by atoms with van der Waals surface area (Å²) in [4.78, 5) is 81.7. The Bertz CT molecular complexity index is 820. The fourth-order valence-electron chi connectivity index (χ4n) is 2.93. The first-order valence-corrected chi connectivity index (χ1v) is 11.0. The number of hydrogen-bond donors (Lipinski definition) is 9. The van der Waals surface area contributed by atoms with Crippen LogP contribution in [0.25, 0.3) is 0 Å². The first-order valence-electron chi connectivity index (χ1n) is 11.0. The zero-order chi connectivity index (χ0) is 27.8. The molecule has 4 atom stereocenters. The van der Waals surface area contributed by atoms with E-state index in [0.29, 0.717) is 12.8 Å². The minimum atomic E-state index is -1.56. The van der Waals surface area contributed by atoms with Gasteiger partial charge in [-0.15, -0.1) is 0 Å². The molecule has 204 valence electrons. The van der Waals surface area contributed by atoms with Gasteiger partial charge in [0, 0.05) is 12.8 Å². The molecule has 0 heterocycles. The van der Waals surface area contributed by atoms with Gasteiger partial charge in [0.15, 0.2) is 0 Å². The number of nitrogens with two attached hydrogens (primary N) is 2. The average Bonchev–Trinajstić information content (AvgIpc) is 2.77. The van der Waals surface area contributed by atoms with Crippen LogP contribution in [-0.2, 0) is 33.6 Å². The van der Waals surface area contributed by atoms with Crippen molar-refractivity contribution in [1.82, 2.24) is 16.0 Å². The van der Waals surface area contributed by atoms with Gasteiger partial charge in [-0.05, 0) is 38.6 Å². The van der Waals surface area contributed by atoms with Crippen molar-refractivity contribution in [2.24, 2.45) is 11.5 Å². The van der Waals surface area contributed by atoms with Gasteiger partial charge in [-0.3, -0.25) is 28.8 Å². The monoisotopic (exact) mass is 519 g/mol. The van der Waals surface area contributed by atoms with Gasteiger partial charge in [0.05, 0.1) is 12.5 Å². The standard InChI is InChI=1S/C20H33N5O11/c21-8-2-1-3-11(18(33)25-13(20(35)36)5-7-15(28)29)24-19(34)12(4-6-14(26)27)23-17(32)10(22)9-16(30)31/h10-13H,1-9,21-22H2,(H,23,32)(H,24,34)(H,25,33)(H,26,27)(H,28,29)(H,30,31)(H,35,36). The van der Waals surface area contributed by atoms with E-state index in [1.165, 1.54) is 0 Å². The Labute approximate surface area is 205 Å². The summed E-state index contributed by atoms with van der Waals surface area (Å²) in [5.74, 6) is -8.40. The van der Waals surface area contributed by atoms with Gasteiger partial charge < -0.3 is 47.8 Å². The number of nitrogens with one attached hydrogen (secondary N) is 3. The van der Waals surface area contributed by atoms with Crippen molar-refractivity contribution in [3.8, 4) is 0 Å². The molecule has 3 amide bonds. The Morgan fingerprint density at radius 2 is 1.06 bits per heavy atom. The smallest absolute Gasteiger partial charge is 0.326 e. The summed E-state index contributed by atoms with van der Waals surface area (Å²) in [6.45, 7) is 0.261. The first-order chi connectivity index (χ1) is 16.8. The molecule has 0 aromatic carbocycles. The highest BCUT2D eigenvalue weighted by Crippen LogP contribution is 2.07. The van der Waals surface area contributed by atoms with Gasteiger partial charge in [-0.1, -0.05) is 0 Å². The molecule has 0 saturated carbocycles. The van der Waals surface area contributed by atoms with Crippen molar-refractivity contribution in [2.45, 2.75) is 75.5 Å². The third-order valence-corrected chi connectivity index (χ3v) is 4.85. The van der Waals surface area contributed by atoms with E-state index in [0.717, 1.165) is 0 Å². The lowest BCUT2D eigenvalue weighted by Gasteiger charge is -2.25. The summed E-state index contributed by atoms with van der Waals surface area (Å²) in [5, 5.41) is 42.4. The van der Waals surface area contributed by atoms with Gasteiger partial charge in [0.25, 0.3) is 0 Å². The van der Waals surface area contributed by atoms with Crippen molar-refractivity contribution in [3.63, 3.8) is 0 Å². The molecule has 11 N–H and O–H groups in total. The molecular weight excluding hydrogens is 486 g/mol. The van der Waals surface area contributed by atoms with Crippen LogP contribution in [0.4, 0.5) is 0 Å². The van der Waals surface area contributed by atoms with Crippen molar-refractivity contribution in [3.05, 3.63) is 0 Å². The highest BCUT2D eigenvalue weighted by Gasteiger charge is 2.31. The van der Waals surface area contributed by atoms with E-state index in [1.54, 1.807) is 0 Å². The van der Waals surface area contributed by atoms with Crippen LogP contribution in [0.2, 0.25) is 0 Å². The van der Waals surface area contributed by atoms with Gasteiger partial charge in [-0.2, -0.15) is 0 Å². The topological polar surface area (TPSA) is 289 Å². The van der Waals surface area contributed by atoms with Crippen LogP contribution in [0.15, 0.2) is 0 Å². The van der Waals surface area contributed by atoms with Crippen LogP contribution in [-0.4, -0.2) is 92.7 Å². The second kappa shape index (κ2) is 16.8. The Hall–Kier alpha value is -3.79. The first kappa shape index (κ1) is 32.2. The third kappa shape index (κ3) is 13.8. The summed E-state index contributed by atoms with van der Waals surface area (Å²) >= 11 is 0.